The van der Waals surface area contributed by atoms with Crippen LogP contribution in [-0.4, -0.2) is 18.4 Å². The minimum atomic E-state index is -1.10. The molecule has 1 aliphatic rings. The van der Waals surface area contributed by atoms with Gasteiger partial charge in [0.25, 0.3) is 0 Å². The number of hydrogen-bond donors (Lipinski definition) is 2. The summed E-state index contributed by atoms with van der Waals surface area (Å²) in [6.45, 7) is 2.47. The van der Waals surface area contributed by atoms with Crippen molar-refractivity contribution in [1.29, 1.82) is 0 Å². The van der Waals surface area contributed by atoms with Crippen molar-refractivity contribution in [2.45, 2.75) is 19.8 Å². The van der Waals surface area contributed by atoms with Crippen LogP contribution in [0, 0.1) is 5.41 Å². The minimum Gasteiger partial charge on any atom is -0.494 e. The highest BCUT2D eigenvalue weighted by Gasteiger charge is 2.56. The van der Waals surface area contributed by atoms with E-state index in [0.29, 0.717) is 40.9 Å². The summed E-state index contributed by atoms with van der Waals surface area (Å²) in [5.41, 5.74) is -0.171. The summed E-state index contributed by atoms with van der Waals surface area (Å²) in [6, 6.07) is 11.9. The molecular formula is C19H18Cl2N2O3. The van der Waals surface area contributed by atoms with Crippen molar-refractivity contribution in [2.24, 2.45) is 5.41 Å². The van der Waals surface area contributed by atoms with Crippen LogP contribution < -0.4 is 15.4 Å². The smallest absolute Gasteiger partial charge is 0.240 e. The van der Waals surface area contributed by atoms with E-state index in [0.717, 1.165) is 5.75 Å². The molecule has 0 atom stereocenters. The Balaban J connectivity index is 1.69. The number of carbonyl (C=O) groups excluding carboxylic acids is 2. The summed E-state index contributed by atoms with van der Waals surface area (Å²) in [4.78, 5) is 25.3. The van der Waals surface area contributed by atoms with Crippen LogP contribution in [0.3, 0.4) is 0 Å². The first-order chi connectivity index (χ1) is 12.5. The molecule has 2 aromatic carbocycles. The number of anilines is 2. The van der Waals surface area contributed by atoms with Gasteiger partial charge in [0, 0.05) is 5.69 Å². The molecule has 0 spiro atoms. The molecule has 7 heteroatoms. The number of amides is 2. The van der Waals surface area contributed by atoms with Crippen molar-refractivity contribution < 1.29 is 14.3 Å². The Labute approximate surface area is 161 Å². The Morgan fingerprint density at radius 3 is 2.12 bits per heavy atom. The Morgan fingerprint density at radius 2 is 1.58 bits per heavy atom. The average Bonchev–Trinajstić information content (AvgIpc) is 3.42. The summed E-state index contributed by atoms with van der Waals surface area (Å²) < 4.78 is 5.37. The van der Waals surface area contributed by atoms with Crippen LogP contribution in [0.25, 0.3) is 0 Å². The van der Waals surface area contributed by atoms with E-state index in [2.05, 4.69) is 10.6 Å². The maximum absolute atomic E-state index is 12.7. The molecule has 0 unspecified atom stereocenters. The van der Waals surface area contributed by atoms with Gasteiger partial charge < -0.3 is 15.4 Å². The molecule has 2 aromatic rings. The van der Waals surface area contributed by atoms with Gasteiger partial charge in [0.1, 0.15) is 11.2 Å². The molecule has 0 aromatic heterocycles. The highest BCUT2D eigenvalue weighted by Crippen LogP contribution is 2.48. The zero-order chi connectivity index (χ0) is 18.7. The molecule has 2 amide bonds. The Morgan fingerprint density at radius 1 is 1.00 bits per heavy atom. The van der Waals surface area contributed by atoms with Crippen molar-refractivity contribution in [3.63, 3.8) is 0 Å². The van der Waals surface area contributed by atoms with Crippen LogP contribution in [0.2, 0.25) is 10.0 Å². The molecule has 0 heterocycles. The molecule has 3 rings (SSSR count). The fraction of sp³-hybridized carbons (Fsp3) is 0.263. The lowest BCUT2D eigenvalue weighted by Crippen LogP contribution is -2.35. The van der Waals surface area contributed by atoms with Crippen LogP contribution in [0.5, 0.6) is 5.75 Å². The minimum absolute atomic E-state index is 0.320. The number of carbonyl (C=O) groups is 2. The van der Waals surface area contributed by atoms with Gasteiger partial charge >= 0.3 is 0 Å². The van der Waals surface area contributed by atoms with Gasteiger partial charge in [-0.15, -0.1) is 0 Å². The molecule has 136 valence electrons. The van der Waals surface area contributed by atoms with Crippen molar-refractivity contribution in [3.05, 3.63) is 52.5 Å². The fourth-order valence-electron chi connectivity index (χ4n) is 2.58. The van der Waals surface area contributed by atoms with Crippen LogP contribution >= 0.6 is 23.2 Å². The van der Waals surface area contributed by atoms with Gasteiger partial charge in [-0.3, -0.25) is 9.59 Å². The summed E-state index contributed by atoms with van der Waals surface area (Å²) in [5.74, 6) is -0.0315. The van der Waals surface area contributed by atoms with Crippen LogP contribution in [0.4, 0.5) is 11.4 Å². The van der Waals surface area contributed by atoms with E-state index in [1.807, 2.05) is 6.92 Å². The average molecular weight is 393 g/mol. The van der Waals surface area contributed by atoms with E-state index in [-0.39, 0.29) is 5.91 Å². The summed E-state index contributed by atoms with van der Waals surface area (Å²) in [7, 11) is 0. The van der Waals surface area contributed by atoms with Crippen molar-refractivity contribution in [1.82, 2.24) is 0 Å². The SMILES string of the molecule is CCOc1ccc(NC(=O)C2(C(=O)Nc3c(Cl)cccc3Cl)CC2)cc1. The van der Waals surface area contributed by atoms with Gasteiger partial charge in [0.05, 0.1) is 22.3 Å². The van der Waals surface area contributed by atoms with E-state index in [1.54, 1.807) is 42.5 Å². The van der Waals surface area contributed by atoms with Gasteiger partial charge in [0.2, 0.25) is 11.8 Å². The lowest BCUT2D eigenvalue weighted by molar-refractivity contribution is -0.131. The first-order valence-corrected chi connectivity index (χ1v) is 9.01. The first-order valence-electron chi connectivity index (χ1n) is 8.26. The van der Waals surface area contributed by atoms with Gasteiger partial charge in [-0.05, 0) is 56.2 Å². The van der Waals surface area contributed by atoms with E-state index in [1.165, 1.54) is 0 Å². The lowest BCUT2D eigenvalue weighted by Gasteiger charge is -2.17. The predicted octanol–water partition coefficient (Wildman–Crippen LogP) is 4.75. The third-order valence-electron chi connectivity index (χ3n) is 4.24. The zero-order valence-electron chi connectivity index (χ0n) is 14.1. The third kappa shape index (κ3) is 3.79. The Kier molecular flexibility index (Phi) is 5.39. The van der Waals surface area contributed by atoms with Crippen molar-refractivity contribution in [2.75, 3.05) is 17.2 Å². The second-order valence-corrected chi connectivity index (χ2v) is 6.86. The number of hydrogen-bond acceptors (Lipinski definition) is 3. The topological polar surface area (TPSA) is 67.4 Å². The predicted molar refractivity (Wildman–Crippen MR) is 103 cm³/mol. The number of halogens is 2. The molecule has 1 saturated carbocycles. The first kappa shape index (κ1) is 18.5. The highest BCUT2D eigenvalue weighted by atomic mass is 35.5. The van der Waals surface area contributed by atoms with Gasteiger partial charge in [-0.2, -0.15) is 0 Å². The zero-order valence-corrected chi connectivity index (χ0v) is 15.7. The summed E-state index contributed by atoms with van der Waals surface area (Å²) >= 11 is 12.2. The molecule has 26 heavy (non-hydrogen) atoms. The van der Waals surface area contributed by atoms with Gasteiger partial charge in [-0.25, -0.2) is 0 Å². The van der Waals surface area contributed by atoms with Gasteiger partial charge in [-0.1, -0.05) is 29.3 Å². The molecule has 1 aliphatic carbocycles. The largest absolute Gasteiger partial charge is 0.494 e. The Bertz CT molecular complexity index is 813. The van der Waals surface area contributed by atoms with E-state index < -0.39 is 11.3 Å². The molecule has 0 aliphatic heterocycles. The van der Waals surface area contributed by atoms with E-state index in [4.69, 9.17) is 27.9 Å². The van der Waals surface area contributed by atoms with Crippen molar-refractivity contribution >= 4 is 46.4 Å². The Hall–Kier alpha value is -2.24. The number of para-hydroxylation sites is 1. The standard InChI is InChI=1S/C19H18Cl2N2O3/c1-2-26-13-8-6-12(7-9-13)22-17(24)19(10-11-19)18(25)23-16-14(20)4-3-5-15(16)21/h3-9H,2,10-11H2,1H3,(H,22,24)(H,23,25). The normalized spacial score (nSPS) is 14.4. The number of nitrogens with one attached hydrogen (secondary N) is 2. The number of benzene rings is 2. The van der Waals surface area contributed by atoms with Crippen LogP contribution in [0.15, 0.2) is 42.5 Å². The van der Waals surface area contributed by atoms with Crippen LogP contribution in [-0.2, 0) is 9.59 Å². The van der Waals surface area contributed by atoms with E-state index in [9.17, 15) is 9.59 Å². The summed E-state index contributed by atoms with van der Waals surface area (Å²) in [6.07, 6.45) is 0.952. The molecule has 1 fully saturated rings. The highest BCUT2D eigenvalue weighted by molar-refractivity contribution is 6.40. The third-order valence-corrected chi connectivity index (χ3v) is 4.87. The molecule has 0 bridgehead atoms. The maximum Gasteiger partial charge on any atom is 0.240 e. The van der Waals surface area contributed by atoms with Gasteiger partial charge in [0.15, 0.2) is 0 Å². The van der Waals surface area contributed by atoms with E-state index >= 15 is 0 Å². The number of rotatable bonds is 6. The second kappa shape index (κ2) is 7.56. The summed E-state index contributed by atoms with van der Waals surface area (Å²) in [5, 5.41) is 6.13. The number of ether oxygens (including phenoxy) is 1. The molecule has 2 N–H and O–H groups in total. The maximum atomic E-state index is 12.7. The fourth-order valence-corrected chi connectivity index (χ4v) is 3.08. The van der Waals surface area contributed by atoms with Crippen molar-refractivity contribution in [3.8, 4) is 5.75 Å². The quantitative estimate of drug-likeness (QED) is 0.696. The molecule has 5 nitrogen and oxygen atoms in total. The molecule has 0 saturated heterocycles. The van der Waals surface area contributed by atoms with Crippen LogP contribution in [0.1, 0.15) is 19.8 Å². The molecule has 0 radical (unpaired) electrons. The second-order valence-electron chi connectivity index (χ2n) is 6.04. The monoisotopic (exact) mass is 392 g/mol. The molecular weight excluding hydrogens is 375 g/mol. The lowest BCUT2D eigenvalue weighted by atomic mass is 10.0.